The van der Waals surface area contributed by atoms with Crippen LogP contribution in [0.3, 0.4) is 0 Å². The molecule has 4 unspecified atom stereocenters. The molecular weight excluding hydrogens is 650 g/mol. The summed E-state index contributed by atoms with van der Waals surface area (Å²) in [6.45, 7) is 9.60. The molecular formula is C50H44ClN. The fourth-order valence-corrected chi connectivity index (χ4v) is 11.2. The standard InChI is InChI=1S/C50H44ClN/c1-31-25-34-27-35(26-31)50(30-32(34)2)44-18-12-11-17-40(44)43-24-23-39(48(51)47(43)50)33-19-21-41-42-22-20-38(29-46(42)49(3,4)45(41)28-33)52(36-13-7-5-8-14-36)37-15-9-6-10-16-37/h5-24,28-31,34-35H,25-27H2,1-4H3. The number of fused-ring (bicyclic) bond motifs is 11. The van der Waals surface area contributed by atoms with E-state index in [-0.39, 0.29) is 10.8 Å². The maximum absolute atomic E-state index is 7.81. The van der Waals surface area contributed by atoms with Gasteiger partial charge in [0.1, 0.15) is 0 Å². The lowest BCUT2D eigenvalue weighted by Gasteiger charge is -2.49. The minimum atomic E-state index is -0.188. The molecule has 256 valence electrons. The van der Waals surface area contributed by atoms with Gasteiger partial charge in [-0.3, -0.25) is 0 Å². The number of anilines is 3. The minimum absolute atomic E-state index is 0.180. The van der Waals surface area contributed by atoms with Gasteiger partial charge >= 0.3 is 0 Å². The molecule has 4 atom stereocenters. The van der Waals surface area contributed by atoms with E-state index in [2.05, 4.69) is 172 Å². The van der Waals surface area contributed by atoms with Gasteiger partial charge in [-0.05, 0) is 136 Å². The van der Waals surface area contributed by atoms with Gasteiger partial charge in [-0.1, -0.05) is 135 Å². The summed E-state index contributed by atoms with van der Waals surface area (Å²) in [6.07, 6.45) is 6.45. The number of hydrogen-bond acceptors (Lipinski definition) is 1. The van der Waals surface area contributed by atoms with Crippen LogP contribution in [0.25, 0.3) is 33.4 Å². The molecule has 10 rings (SSSR count). The number of halogens is 1. The highest BCUT2D eigenvalue weighted by molar-refractivity contribution is 6.35. The number of rotatable bonds is 4. The first-order chi connectivity index (χ1) is 25.3. The van der Waals surface area contributed by atoms with E-state index >= 15 is 0 Å². The number of para-hydroxylation sites is 2. The molecule has 6 aromatic carbocycles. The Balaban J connectivity index is 1.09. The Morgan fingerprint density at radius 3 is 1.90 bits per heavy atom. The van der Waals surface area contributed by atoms with Crippen molar-refractivity contribution in [3.05, 3.63) is 172 Å². The topological polar surface area (TPSA) is 3.24 Å². The molecule has 1 spiro atoms. The van der Waals surface area contributed by atoms with Crippen LogP contribution in [0, 0.1) is 17.8 Å². The molecule has 1 nitrogen and oxygen atoms in total. The van der Waals surface area contributed by atoms with Crippen LogP contribution >= 0.6 is 11.6 Å². The molecule has 2 heteroatoms. The maximum atomic E-state index is 7.81. The third-order valence-corrected chi connectivity index (χ3v) is 13.6. The molecule has 4 aliphatic carbocycles. The summed E-state index contributed by atoms with van der Waals surface area (Å²) in [4.78, 5) is 2.36. The predicted octanol–water partition coefficient (Wildman–Crippen LogP) is 14.1. The van der Waals surface area contributed by atoms with Crippen molar-refractivity contribution in [3.8, 4) is 33.4 Å². The Labute approximate surface area is 313 Å². The zero-order valence-corrected chi connectivity index (χ0v) is 31.2. The van der Waals surface area contributed by atoms with Crippen molar-refractivity contribution in [2.24, 2.45) is 17.8 Å². The fraction of sp³-hybridized carbons (Fsp3) is 0.240. The van der Waals surface area contributed by atoms with Gasteiger partial charge in [-0.2, -0.15) is 0 Å². The lowest BCUT2D eigenvalue weighted by atomic mass is 9.55. The maximum Gasteiger partial charge on any atom is 0.0535 e. The quantitative estimate of drug-likeness (QED) is 0.166. The number of hydrogen-bond donors (Lipinski definition) is 0. The van der Waals surface area contributed by atoms with E-state index in [1.165, 1.54) is 75.0 Å². The second kappa shape index (κ2) is 11.6. The smallest absolute Gasteiger partial charge is 0.0535 e. The lowest BCUT2D eigenvalue weighted by Crippen LogP contribution is -2.42. The first-order valence-corrected chi connectivity index (χ1v) is 19.5. The molecule has 0 heterocycles. The Hall–Kier alpha value is -4.85. The van der Waals surface area contributed by atoms with Crippen molar-refractivity contribution >= 4 is 28.7 Å². The van der Waals surface area contributed by atoms with E-state index in [0.717, 1.165) is 27.9 Å². The average molecular weight is 694 g/mol. The van der Waals surface area contributed by atoms with Crippen LogP contribution in [0.5, 0.6) is 0 Å². The normalized spacial score (nSPS) is 23.0. The lowest BCUT2D eigenvalue weighted by molar-refractivity contribution is 0.168. The van der Waals surface area contributed by atoms with Crippen molar-refractivity contribution in [2.45, 2.75) is 57.8 Å². The monoisotopic (exact) mass is 693 g/mol. The Morgan fingerprint density at radius 2 is 1.17 bits per heavy atom. The number of nitrogens with zero attached hydrogens (tertiary/aromatic N) is 1. The van der Waals surface area contributed by atoms with Crippen molar-refractivity contribution < 1.29 is 0 Å². The van der Waals surface area contributed by atoms with E-state index in [4.69, 9.17) is 11.6 Å². The highest BCUT2D eigenvalue weighted by Crippen LogP contribution is 2.63. The van der Waals surface area contributed by atoms with Crippen LogP contribution < -0.4 is 4.90 Å². The highest BCUT2D eigenvalue weighted by atomic mass is 35.5. The molecule has 0 radical (unpaired) electrons. The summed E-state index contributed by atoms with van der Waals surface area (Å²) >= 11 is 7.81. The summed E-state index contributed by atoms with van der Waals surface area (Å²) in [7, 11) is 0. The van der Waals surface area contributed by atoms with Crippen LogP contribution in [-0.2, 0) is 10.8 Å². The van der Waals surface area contributed by atoms with E-state index < -0.39 is 0 Å². The molecule has 0 N–H and O–H groups in total. The highest BCUT2D eigenvalue weighted by Gasteiger charge is 2.53. The minimum Gasteiger partial charge on any atom is -0.310 e. The van der Waals surface area contributed by atoms with E-state index in [1.807, 2.05) is 0 Å². The molecule has 6 aromatic rings. The molecule has 1 saturated carbocycles. The number of allylic oxidation sites excluding steroid dienone is 2. The summed E-state index contributed by atoms with van der Waals surface area (Å²) in [5, 5.41) is 0.923. The van der Waals surface area contributed by atoms with Crippen LogP contribution in [0.1, 0.15) is 69.2 Å². The summed E-state index contributed by atoms with van der Waals surface area (Å²) in [6, 6.07) is 49.3. The molecule has 1 fully saturated rings. The van der Waals surface area contributed by atoms with E-state index in [9.17, 15) is 0 Å². The zero-order chi connectivity index (χ0) is 35.4. The van der Waals surface area contributed by atoms with Gasteiger partial charge in [0.15, 0.2) is 0 Å². The van der Waals surface area contributed by atoms with Crippen molar-refractivity contribution in [2.75, 3.05) is 4.90 Å². The average Bonchev–Trinajstić information content (AvgIpc) is 3.57. The van der Waals surface area contributed by atoms with E-state index in [0.29, 0.717) is 11.8 Å². The van der Waals surface area contributed by atoms with Crippen LogP contribution in [0.2, 0.25) is 5.02 Å². The van der Waals surface area contributed by atoms with Crippen LogP contribution in [0.15, 0.2) is 145 Å². The fourth-order valence-electron chi connectivity index (χ4n) is 10.8. The second-order valence-electron chi connectivity index (χ2n) is 16.5. The largest absolute Gasteiger partial charge is 0.310 e. The Bertz CT molecular complexity index is 2380. The van der Waals surface area contributed by atoms with Gasteiger partial charge in [0.2, 0.25) is 0 Å². The van der Waals surface area contributed by atoms with Gasteiger partial charge in [0.25, 0.3) is 0 Å². The molecule has 2 bridgehead atoms. The molecule has 0 aromatic heterocycles. The number of benzene rings is 6. The SMILES string of the molecule is CC1=CC2(c3ccccc3-c3ccc(-c4ccc5c(c4)C(C)(C)c4cc(N(c6ccccc6)c6ccccc6)ccc4-5)c(Cl)c32)C2CC(C)CC1C2. The molecule has 0 amide bonds. The summed E-state index contributed by atoms with van der Waals surface area (Å²) in [5.74, 6) is 1.95. The first kappa shape index (κ1) is 31.9. The third kappa shape index (κ3) is 4.48. The van der Waals surface area contributed by atoms with Crippen LogP contribution in [0.4, 0.5) is 17.1 Å². The third-order valence-electron chi connectivity index (χ3n) is 13.2. The van der Waals surface area contributed by atoms with Gasteiger partial charge in [0, 0.05) is 33.5 Å². The van der Waals surface area contributed by atoms with Gasteiger partial charge in [-0.15, -0.1) is 0 Å². The van der Waals surface area contributed by atoms with Gasteiger partial charge in [-0.25, -0.2) is 0 Å². The van der Waals surface area contributed by atoms with E-state index in [1.54, 1.807) is 5.57 Å². The van der Waals surface area contributed by atoms with Crippen molar-refractivity contribution in [3.63, 3.8) is 0 Å². The molecule has 0 saturated heterocycles. The van der Waals surface area contributed by atoms with Gasteiger partial charge in [0.05, 0.1) is 5.02 Å². The summed E-state index contributed by atoms with van der Waals surface area (Å²) < 4.78 is 0. The second-order valence-corrected chi connectivity index (χ2v) is 16.9. The molecule has 0 aliphatic heterocycles. The van der Waals surface area contributed by atoms with Gasteiger partial charge < -0.3 is 4.90 Å². The van der Waals surface area contributed by atoms with Crippen LogP contribution in [-0.4, -0.2) is 0 Å². The van der Waals surface area contributed by atoms with Crippen molar-refractivity contribution in [1.82, 2.24) is 0 Å². The molecule has 52 heavy (non-hydrogen) atoms. The Morgan fingerprint density at radius 1 is 0.577 bits per heavy atom. The Kier molecular flexibility index (Phi) is 7.09. The summed E-state index contributed by atoms with van der Waals surface area (Å²) in [5.41, 5.74) is 17.8. The zero-order valence-electron chi connectivity index (χ0n) is 30.5. The van der Waals surface area contributed by atoms with Crippen molar-refractivity contribution in [1.29, 1.82) is 0 Å². The molecule has 4 aliphatic rings. The first-order valence-electron chi connectivity index (χ1n) is 19.1. The predicted molar refractivity (Wildman–Crippen MR) is 219 cm³/mol.